The molecule has 0 radical (unpaired) electrons. The number of rotatable bonds is 4. The van der Waals surface area contributed by atoms with E-state index in [-0.39, 0.29) is 0 Å². The van der Waals surface area contributed by atoms with Crippen molar-refractivity contribution in [2.75, 3.05) is 13.7 Å². The maximum absolute atomic E-state index is 5.92. The van der Waals surface area contributed by atoms with Gasteiger partial charge in [0, 0.05) is 11.1 Å². The molecule has 1 rings (SSSR count). The largest absolute Gasteiger partial charge is 0.491 e. The number of ether oxygens (including phenoxy) is 2. The Morgan fingerprint density at radius 1 is 1.29 bits per heavy atom. The molecule has 0 aliphatic rings. The zero-order valence-electron chi connectivity index (χ0n) is 8.14. The van der Waals surface area contributed by atoms with Gasteiger partial charge in [-0.25, -0.2) is 0 Å². The van der Waals surface area contributed by atoms with Gasteiger partial charge < -0.3 is 9.47 Å². The molecule has 78 valence electrons. The Labute approximate surface area is 93.7 Å². The predicted molar refractivity (Wildman–Crippen MR) is 58.8 cm³/mol. The third-order valence-electron chi connectivity index (χ3n) is 1.64. The van der Waals surface area contributed by atoms with E-state index in [1.807, 2.05) is 6.92 Å². The monoisotopic (exact) mass is 234 g/mol. The second kappa shape index (κ2) is 5.32. The quantitative estimate of drug-likeness (QED) is 0.790. The summed E-state index contributed by atoms with van der Waals surface area (Å²) in [6, 6.07) is 3.32. The highest BCUT2D eigenvalue weighted by molar-refractivity contribution is 6.35. The molecule has 0 aliphatic heterocycles. The summed E-state index contributed by atoms with van der Waals surface area (Å²) in [5.74, 6) is 1.12. The first-order chi connectivity index (χ1) is 6.69. The van der Waals surface area contributed by atoms with Gasteiger partial charge in [0.25, 0.3) is 0 Å². The first-order valence-electron chi connectivity index (χ1n) is 4.34. The lowest BCUT2D eigenvalue weighted by Crippen LogP contribution is -1.98. The van der Waals surface area contributed by atoms with E-state index >= 15 is 0 Å². The van der Waals surface area contributed by atoms with E-state index in [2.05, 4.69) is 0 Å². The molecule has 0 N–H and O–H groups in total. The summed E-state index contributed by atoms with van der Waals surface area (Å²) < 4.78 is 10.6. The molecule has 2 nitrogen and oxygen atoms in total. The van der Waals surface area contributed by atoms with Gasteiger partial charge in [0.2, 0.25) is 0 Å². The summed E-state index contributed by atoms with van der Waals surface area (Å²) in [6.07, 6.45) is 0.924. The minimum atomic E-state index is 0.464. The highest BCUT2D eigenvalue weighted by Gasteiger charge is 2.10. The van der Waals surface area contributed by atoms with Gasteiger partial charge in [-0.2, -0.15) is 0 Å². The lowest BCUT2D eigenvalue weighted by Gasteiger charge is -2.11. The first-order valence-corrected chi connectivity index (χ1v) is 5.10. The molecule has 0 saturated carbocycles. The zero-order valence-corrected chi connectivity index (χ0v) is 9.65. The van der Waals surface area contributed by atoms with E-state index in [1.165, 1.54) is 0 Å². The Bertz CT molecular complexity index is 313. The van der Waals surface area contributed by atoms with Crippen LogP contribution in [0.3, 0.4) is 0 Å². The normalized spacial score (nSPS) is 10.0. The van der Waals surface area contributed by atoms with Gasteiger partial charge in [-0.15, -0.1) is 0 Å². The number of halogens is 2. The van der Waals surface area contributed by atoms with Crippen LogP contribution in [0.1, 0.15) is 13.3 Å². The fourth-order valence-electron chi connectivity index (χ4n) is 1.05. The number of hydrogen-bond donors (Lipinski definition) is 0. The highest BCUT2D eigenvalue weighted by Crippen LogP contribution is 2.37. The molecule has 0 heterocycles. The van der Waals surface area contributed by atoms with Crippen LogP contribution in [-0.4, -0.2) is 13.7 Å². The Hall–Kier alpha value is -0.600. The average Bonchev–Trinajstić information content (AvgIpc) is 2.14. The van der Waals surface area contributed by atoms with Crippen LogP contribution in [0, 0.1) is 0 Å². The topological polar surface area (TPSA) is 18.5 Å². The predicted octanol–water partition coefficient (Wildman–Crippen LogP) is 3.79. The average molecular weight is 235 g/mol. The third kappa shape index (κ3) is 2.69. The second-order valence-corrected chi connectivity index (χ2v) is 3.61. The van der Waals surface area contributed by atoms with Crippen molar-refractivity contribution in [3.8, 4) is 11.5 Å². The van der Waals surface area contributed by atoms with Crippen molar-refractivity contribution >= 4 is 23.2 Å². The van der Waals surface area contributed by atoms with Gasteiger partial charge in [-0.3, -0.25) is 0 Å². The smallest absolute Gasteiger partial charge is 0.179 e. The first kappa shape index (κ1) is 11.5. The van der Waals surface area contributed by atoms with Gasteiger partial charge >= 0.3 is 0 Å². The molecule has 4 heteroatoms. The Kier molecular flexibility index (Phi) is 4.36. The molecule has 1 aromatic carbocycles. The fourth-order valence-corrected chi connectivity index (χ4v) is 1.61. The lowest BCUT2D eigenvalue weighted by atomic mass is 10.3. The molecule has 0 aromatic heterocycles. The molecule has 0 amide bonds. The Morgan fingerprint density at radius 2 is 2.00 bits per heavy atom. The van der Waals surface area contributed by atoms with Gasteiger partial charge in [0.15, 0.2) is 11.5 Å². The van der Waals surface area contributed by atoms with Crippen LogP contribution < -0.4 is 9.47 Å². The molecule has 0 bridgehead atoms. The van der Waals surface area contributed by atoms with E-state index in [0.717, 1.165) is 6.42 Å². The molecule has 0 saturated heterocycles. The molecular weight excluding hydrogens is 223 g/mol. The standard InChI is InChI=1S/C10H12Cl2O2/c1-3-4-14-9-6-7(11)5-8(12)10(9)13-2/h5-6H,3-4H2,1-2H3. The van der Waals surface area contributed by atoms with Crippen LogP contribution >= 0.6 is 23.2 Å². The Balaban J connectivity index is 2.99. The molecular formula is C10H12Cl2O2. The van der Waals surface area contributed by atoms with Gasteiger partial charge in [-0.05, 0) is 12.5 Å². The zero-order chi connectivity index (χ0) is 10.6. The maximum Gasteiger partial charge on any atom is 0.179 e. The van der Waals surface area contributed by atoms with Crippen LogP contribution in [0.15, 0.2) is 12.1 Å². The minimum absolute atomic E-state index is 0.464. The van der Waals surface area contributed by atoms with E-state index < -0.39 is 0 Å². The lowest BCUT2D eigenvalue weighted by molar-refractivity contribution is 0.294. The molecule has 0 aliphatic carbocycles. The fraction of sp³-hybridized carbons (Fsp3) is 0.400. The van der Waals surface area contributed by atoms with Crippen LogP contribution in [0.2, 0.25) is 10.0 Å². The minimum Gasteiger partial charge on any atom is -0.491 e. The van der Waals surface area contributed by atoms with E-state index in [4.69, 9.17) is 32.7 Å². The summed E-state index contributed by atoms with van der Waals surface area (Å²) in [4.78, 5) is 0. The van der Waals surface area contributed by atoms with Crippen LogP contribution in [0.25, 0.3) is 0 Å². The molecule has 0 unspecified atom stereocenters. The molecule has 0 fully saturated rings. The van der Waals surface area contributed by atoms with Gasteiger partial charge in [0.1, 0.15) is 0 Å². The third-order valence-corrected chi connectivity index (χ3v) is 2.14. The number of hydrogen-bond acceptors (Lipinski definition) is 2. The maximum atomic E-state index is 5.92. The van der Waals surface area contributed by atoms with Gasteiger partial charge in [0.05, 0.1) is 18.7 Å². The molecule has 1 aromatic rings. The van der Waals surface area contributed by atoms with E-state index in [0.29, 0.717) is 28.2 Å². The molecule has 14 heavy (non-hydrogen) atoms. The van der Waals surface area contributed by atoms with Crippen molar-refractivity contribution in [3.05, 3.63) is 22.2 Å². The molecule has 0 spiro atoms. The van der Waals surface area contributed by atoms with Crippen LogP contribution in [-0.2, 0) is 0 Å². The second-order valence-electron chi connectivity index (χ2n) is 2.77. The Morgan fingerprint density at radius 3 is 2.57 bits per heavy atom. The van der Waals surface area contributed by atoms with Crippen LogP contribution in [0.5, 0.6) is 11.5 Å². The van der Waals surface area contributed by atoms with Crippen molar-refractivity contribution in [1.82, 2.24) is 0 Å². The summed E-state index contributed by atoms with van der Waals surface area (Å²) in [6.45, 7) is 2.64. The summed E-state index contributed by atoms with van der Waals surface area (Å²) in [5.41, 5.74) is 0. The summed E-state index contributed by atoms with van der Waals surface area (Å²) in [7, 11) is 1.55. The van der Waals surface area contributed by atoms with Crippen molar-refractivity contribution < 1.29 is 9.47 Å². The molecule has 0 atom stereocenters. The summed E-state index contributed by atoms with van der Waals surface area (Å²) in [5, 5.41) is 1.01. The summed E-state index contributed by atoms with van der Waals surface area (Å²) >= 11 is 11.8. The SMILES string of the molecule is CCCOc1cc(Cl)cc(Cl)c1OC. The number of benzene rings is 1. The highest BCUT2D eigenvalue weighted by atomic mass is 35.5. The van der Waals surface area contributed by atoms with Crippen molar-refractivity contribution in [3.63, 3.8) is 0 Å². The van der Waals surface area contributed by atoms with Crippen LogP contribution in [0.4, 0.5) is 0 Å². The van der Waals surface area contributed by atoms with E-state index in [9.17, 15) is 0 Å². The van der Waals surface area contributed by atoms with Crippen molar-refractivity contribution in [2.24, 2.45) is 0 Å². The number of methoxy groups -OCH3 is 1. The van der Waals surface area contributed by atoms with Crippen molar-refractivity contribution in [1.29, 1.82) is 0 Å². The van der Waals surface area contributed by atoms with Crippen molar-refractivity contribution in [2.45, 2.75) is 13.3 Å². The van der Waals surface area contributed by atoms with E-state index in [1.54, 1.807) is 19.2 Å². The van der Waals surface area contributed by atoms with Gasteiger partial charge in [-0.1, -0.05) is 30.1 Å².